The highest BCUT2D eigenvalue weighted by Crippen LogP contribution is 2.05. The van der Waals surface area contributed by atoms with Crippen molar-refractivity contribution in [3.8, 4) is 0 Å². The molecule has 0 aromatic carbocycles. The van der Waals surface area contributed by atoms with Crippen molar-refractivity contribution in [3.63, 3.8) is 0 Å². The molecule has 0 saturated heterocycles. The summed E-state index contributed by atoms with van der Waals surface area (Å²) in [7, 11) is -3.67. The van der Waals surface area contributed by atoms with E-state index in [9.17, 15) is 18.0 Å². The van der Waals surface area contributed by atoms with Gasteiger partial charge < -0.3 is 10.4 Å². The summed E-state index contributed by atoms with van der Waals surface area (Å²) in [6.45, 7) is 3.59. The van der Waals surface area contributed by atoms with E-state index in [-0.39, 0.29) is 12.3 Å². The average molecular weight is 252 g/mol. The Morgan fingerprint density at radius 1 is 1.31 bits per heavy atom. The van der Waals surface area contributed by atoms with Gasteiger partial charge in [0, 0.05) is 0 Å². The second-order valence-electron chi connectivity index (χ2n) is 3.87. The minimum absolute atomic E-state index is 0.0576. The first-order chi connectivity index (χ1) is 7.11. The normalized spacial score (nSPS) is 13.2. The fourth-order valence-electron chi connectivity index (χ4n) is 1.11. The van der Waals surface area contributed by atoms with Crippen LogP contribution in [-0.2, 0) is 14.8 Å². The lowest BCUT2D eigenvalue weighted by Gasteiger charge is -2.17. The molecule has 3 N–H and O–H groups in total. The fourth-order valence-corrected chi connectivity index (χ4v) is 1.61. The first kappa shape index (κ1) is 14.7. The Balaban J connectivity index is 4.62. The van der Waals surface area contributed by atoms with Crippen LogP contribution in [0.25, 0.3) is 0 Å². The topological polar surface area (TPSA) is 113 Å². The molecule has 0 aromatic heterocycles. The van der Waals surface area contributed by atoms with E-state index in [1.807, 2.05) is 5.32 Å². The molecule has 0 bridgehead atoms. The smallest absolute Gasteiger partial charge is 0.405 e. The van der Waals surface area contributed by atoms with Crippen molar-refractivity contribution in [2.45, 2.75) is 26.3 Å². The van der Waals surface area contributed by atoms with Crippen LogP contribution >= 0.6 is 0 Å². The third-order valence-electron chi connectivity index (χ3n) is 1.61. The maximum Gasteiger partial charge on any atom is 0.405 e. The van der Waals surface area contributed by atoms with E-state index >= 15 is 0 Å². The molecule has 8 heteroatoms. The van der Waals surface area contributed by atoms with E-state index in [1.54, 1.807) is 18.6 Å². The zero-order valence-electron chi connectivity index (χ0n) is 9.35. The molecule has 1 atom stereocenters. The number of carbonyl (C=O) groups is 2. The Morgan fingerprint density at radius 3 is 2.12 bits per heavy atom. The zero-order valence-corrected chi connectivity index (χ0v) is 10.2. The molecule has 0 aromatic rings. The van der Waals surface area contributed by atoms with Crippen LogP contribution in [0.4, 0.5) is 4.79 Å². The van der Waals surface area contributed by atoms with Crippen LogP contribution in [0.2, 0.25) is 0 Å². The van der Waals surface area contributed by atoms with Gasteiger partial charge in [0.15, 0.2) is 0 Å². The summed E-state index contributed by atoms with van der Waals surface area (Å²) in [4.78, 5) is 21.8. The van der Waals surface area contributed by atoms with Gasteiger partial charge in [-0.25, -0.2) is 13.2 Å². The Morgan fingerprint density at radius 2 is 1.81 bits per heavy atom. The summed E-state index contributed by atoms with van der Waals surface area (Å²) in [5.74, 6) is -0.805. The van der Waals surface area contributed by atoms with Gasteiger partial charge in [0.25, 0.3) is 5.91 Å². The van der Waals surface area contributed by atoms with Gasteiger partial charge in [-0.05, 0) is 12.3 Å². The molecule has 0 spiro atoms. The van der Waals surface area contributed by atoms with Crippen molar-refractivity contribution in [1.29, 1.82) is 0 Å². The first-order valence-electron chi connectivity index (χ1n) is 4.63. The molecule has 0 aliphatic heterocycles. The maximum absolute atomic E-state index is 11.4. The minimum atomic E-state index is -3.67. The van der Waals surface area contributed by atoms with Gasteiger partial charge in [-0.15, -0.1) is 0 Å². The van der Waals surface area contributed by atoms with E-state index in [0.717, 1.165) is 6.26 Å². The average Bonchev–Trinajstić information content (AvgIpc) is 1.97. The Hall–Kier alpha value is -1.31. The summed E-state index contributed by atoms with van der Waals surface area (Å²) in [5.41, 5.74) is 0. The molecule has 1 unspecified atom stereocenters. The van der Waals surface area contributed by atoms with Crippen LogP contribution in [0, 0.1) is 5.92 Å². The van der Waals surface area contributed by atoms with Crippen molar-refractivity contribution in [2.24, 2.45) is 5.92 Å². The molecule has 2 amide bonds. The standard InChI is InChI=1S/C8H16N2O5S/c1-5(2)4-6(9-8(12)13)7(11)10-16(3,14)15/h5-6,9H,4H2,1-3H3,(H,10,11)(H,12,13). The monoisotopic (exact) mass is 252 g/mol. The second kappa shape index (κ2) is 5.69. The Bertz CT molecular complexity index is 363. The number of rotatable bonds is 5. The summed E-state index contributed by atoms with van der Waals surface area (Å²) in [6, 6.07) is -1.06. The number of carboxylic acid groups (broad SMARTS) is 1. The quantitative estimate of drug-likeness (QED) is 0.624. The van der Waals surface area contributed by atoms with Crippen molar-refractivity contribution < 1.29 is 23.1 Å². The van der Waals surface area contributed by atoms with E-state index < -0.39 is 28.1 Å². The first-order valence-corrected chi connectivity index (χ1v) is 6.52. The number of hydrogen-bond acceptors (Lipinski definition) is 4. The maximum atomic E-state index is 11.4. The molecular formula is C8H16N2O5S. The third-order valence-corrected chi connectivity index (χ3v) is 2.18. The highest BCUT2D eigenvalue weighted by molar-refractivity contribution is 7.89. The third kappa shape index (κ3) is 7.04. The summed E-state index contributed by atoms with van der Waals surface area (Å²) in [5, 5.41) is 10.5. The van der Waals surface area contributed by atoms with Gasteiger partial charge in [-0.3, -0.25) is 9.52 Å². The molecule has 0 saturated carbocycles. The lowest BCUT2D eigenvalue weighted by Crippen LogP contribution is -2.48. The summed E-state index contributed by atoms with van der Waals surface area (Å²) >= 11 is 0. The molecule has 0 aliphatic carbocycles. The van der Waals surface area contributed by atoms with E-state index in [2.05, 4.69) is 0 Å². The van der Waals surface area contributed by atoms with E-state index in [1.165, 1.54) is 0 Å². The Kier molecular flexibility index (Phi) is 5.22. The van der Waals surface area contributed by atoms with Gasteiger partial charge in [-0.1, -0.05) is 13.8 Å². The van der Waals surface area contributed by atoms with Crippen LogP contribution in [0.3, 0.4) is 0 Å². The van der Waals surface area contributed by atoms with Crippen molar-refractivity contribution in [1.82, 2.24) is 10.0 Å². The molecule has 7 nitrogen and oxygen atoms in total. The molecular weight excluding hydrogens is 236 g/mol. The van der Waals surface area contributed by atoms with Gasteiger partial charge in [0.05, 0.1) is 6.26 Å². The van der Waals surface area contributed by atoms with Crippen LogP contribution in [-0.4, -0.2) is 37.8 Å². The van der Waals surface area contributed by atoms with Crippen LogP contribution in [0.1, 0.15) is 20.3 Å². The number of hydrogen-bond donors (Lipinski definition) is 3. The fraction of sp³-hybridized carbons (Fsp3) is 0.750. The molecule has 16 heavy (non-hydrogen) atoms. The minimum Gasteiger partial charge on any atom is -0.465 e. The predicted molar refractivity (Wildman–Crippen MR) is 57.4 cm³/mol. The molecule has 0 heterocycles. The van der Waals surface area contributed by atoms with Crippen molar-refractivity contribution >= 4 is 22.0 Å². The lowest BCUT2D eigenvalue weighted by atomic mass is 10.0. The molecule has 94 valence electrons. The predicted octanol–water partition coefficient (Wildman–Crippen LogP) is -0.255. The molecule has 0 fully saturated rings. The zero-order chi connectivity index (χ0) is 12.9. The number of sulfonamides is 1. The van der Waals surface area contributed by atoms with Crippen molar-refractivity contribution in [2.75, 3.05) is 6.26 Å². The number of nitrogens with one attached hydrogen (secondary N) is 2. The van der Waals surface area contributed by atoms with Crippen LogP contribution < -0.4 is 10.0 Å². The summed E-state index contributed by atoms with van der Waals surface area (Å²) in [6.07, 6.45) is -0.305. The largest absolute Gasteiger partial charge is 0.465 e. The Labute approximate surface area is 94.3 Å². The molecule has 0 radical (unpaired) electrons. The van der Waals surface area contributed by atoms with Gasteiger partial charge >= 0.3 is 6.09 Å². The summed E-state index contributed by atoms with van der Waals surface area (Å²) < 4.78 is 23.4. The van der Waals surface area contributed by atoms with Crippen LogP contribution in [0.15, 0.2) is 0 Å². The van der Waals surface area contributed by atoms with Crippen LogP contribution in [0.5, 0.6) is 0 Å². The second-order valence-corrected chi connectivity index (χ2v) is 5.62. The number of carbonyl (C=O) groups excluding carboxylic acids is 1. The highest BCUT2D eigenvalue weighted by atomic mass is 32.2. The van der Waals surface area contributed by atoms with E-state index in [4.69, 9.17) is 5.11 Å². The SMILES string of the molecule is CC(C)CC(NC(=O)O)C(=O)NS(C)(=O)=O. The lowest BCUT2D eigenvalue weighted by molar-refractivity contribution is -0.121. The van der Waals surface area contributed by atoms with E-state index in [0.29, 0.717) is 0 Å². The molecule has 0 rings (SSSR count). The molecule has 0 aliphatic rings. The highest BCUT2D eigenvalue weighted by Gasteiger charge is 2.23. The number of amides is 2. The van der Waals surface area contributed by atoms with Crippen molar-refractivity contribution in [3.05, 3.63) is 0 Å². The van der Waals surface area contributed by atoms with Gasteiger partial charge in [-0.2, -0.15) is 0 Å². The van der Waals surface area contributed by atoms with Gasteiger partial charge in [0.2, 0.25) is 10.0 Å². The van der Waals surface area contributed by atoms with Gasteiger partial charge in [0.1, 0.15) is 6.04 Å².